The van der Waals surface area contributed by atoms with Crippen LogP contribution in [0.3, 0.4) is 0 Å². The first-order chi connectivity index (χ1) is 13.4. The molecule has 0 bridgehead atoms. The Bertz CT molecular complexity index is 842. The van der Waals surface area contributed by atoms with Gasteiger partial charge in [-0.3, -0.25) is 0 Å². The summed E-state index contributed by atoms with van der Waals surface area (Å²) in [6, 6.07) is 3.55. The highest BCUT2D eigenvalue weighted by atomic mass is 16.6. The Morgan fingerprint density at radius 3 is 2.68 bits per heavy atom. The van der Waals surface area contributed by atoms with Gasteiger partial charge in [-0.1, -0.05) is 13.8 Å². The summed E-state index contributed by atoms with van der Waals surface area (Å²) in [5.41, 5.74) is 1.44. The molecule has 5 fully saturated rings. The molecule has 9 atom stereocenters. The Morgan fingerprint density at radius 1 is 1.04 bits per heavy atom. The van der Waals surface area contributed by atoms with E-state index in [1.165, 1.54) is 37.7 Å². The fourth-order valence-electron chi connectivity index (χ4n) is 8.74. The van der Waals surface area contributed by atoms with Gasteiger partial charge >= 0.3 is 5.63 Å². The molecule has 0 unspecified atom stereocenters. The predicted molar refractivity (Wildman–Crippen MR) is 105 cm³/mol. The molecule has 4 nitrogen and oxygen atoms in total. The second-order valence-electron chi connectivity index (χ2n) is 11.0. The van der Waals surface area contributed by atoms with Crippen LogP contribution < -0.4 is 5.63 Å². The Labute approximate surface area is 166 Å². The fourth-order valence-corrected chi connectivity index (χ4v) is 8.74. The topological polar surface area (TPSA) is 63.0 Å². The number of aliphatic hydroxyl groups is 1. The van der Waals surface area contributed by atoms with Crippen molar-refractivity contribution < 1.29 is 14.3 Å². The van der Waals surface area contributed by atoms with Crippen molar-refractivity contribution in [2.75, 3.05) is 0 Å². The van der Waals surface area contributed by atoms with Crippen LogP contribution in [-0.4, -0.2) is 22.9 Å². The van der Waals surface area contributed by atoms with E-state index in [0.717, 1.165) is 25.2 Å². The summed E-state index contributed by atoms with van der Waals surface area (Å²) in [5, 5.41) is 10.2. The van der Waals surface area contributed by atoms with Gasteiger partial charge in [-0.05, 0) is 92.1 Å². The number of epoxide rings is 1. The molecule has 1 aromatic heterocycles. The molecule has 1 aromatic rings. The highest BCUT2D eigenvalue weighted by Crippen LogP contribution is 2.77. The van der Waals surface area contributed by atoms with Crippen molar-refractivity contribution in [1.29, 1.82) is 0 Å². The molecule has 1 saturated heterocycles. The van der Waals surface area contributed by atoms with E-state index < -0.39 is 0 Å². The summed E-state index contributed by atoms with van der Waals surface area (Å²) in [6.07, 6.45) is 11.1. The lowest BCUT2D eigenvalue weighted by atomic mass is 9.44. The number of rotatable bonds is 1. The Balaban J connectivity index is 1.36. The maximum absolute atomic E-state index is 11.4. The van der Waals surface area contributed by atoms with Crippen molar-refractivity contribution in [3.8, 4) is 0 Å². The lowest BCUT2D eigenvalue weighted by molar-refractivity contribution is -0.139. The molecule has 2 heterocycles. The average Bonchev–Trinajstić information content (AvgIpc) is 3.33. The number of hydrogen-bond donors (Lipinski definition) is 1. The van der Waals surface area contributed by atoms with Gasteiger partial charge in [0.1, 0.15) is 5.60 Å². The third kappa shape index (κ3) is 2.01. The molecule has 6 rings (SSSR count). The van der Waals surface area contributed by atoms with Gasteiger partial charge in [0.2, 0.25) is 0 Å². The Kier molecular flexibility index (Phi) is 3.49. The summed E-state index contributed by atoms with van der Waals surface area (Å²) in [5.74, 6) is 2.48. The Hall–Kier alpha value is -1.13. The van der Waals surface area contributed by atoms with E-state index >= 15 is 0 Å². The first-order valence-electron chi connectivity index (χ1n) is 11.3. The van der Waals surface area contributed by atoms with Crippen molar-refractivity contribution in [2.24, 2.45) is 28.6 Å². The van der Waals surface area contributed by atoms with Crippen molar-refractivity contribution >= 4 is 0 Å². The molecule has 5 aliphatic rings. The van der Waals surface area contributed by atoms with Gasteiger partial charge in [-0.25, -0.2) is 4.79 Å². The average molecular weight is 385 g/mol. The van der Waals surface area contributed by atoms with E-state index in [1.54, 1.807) is 12.3 Å². The summed E-state index contributed by atoms with van der Waals surface area (Å²) < 4.78 is 11.8. The van der Waals surface area contributed by atoms with E-state index in [4.69, 9.17) is 9.15 Å². The van der Waals surface area contributed by atoms with Crippen LogP contribution in [0.2, 0.25) is 0 Å². The van der Waals surface area contributed by atoms with Crippen LogP contribution in [0.4, 0.5) is 0 Å². The van der Waals surface area contributed by atoms with Crippen LogP contribution in [0.15, 0.2) is 27.6 Å². The van der Waals surface area contributed by atoms with Gasteiger partial charge in [-0.15, -0.1) is 0 Å². The minimum absolute atomic E-state index is 0.0285. The molecule has 1 N–H and O–H groups in total. The van der Waals surface area contributed by atoms with E-state index in [-0.39, 0.29) is 22.7 Å². The predicted octanol–water partition coefficient (Wildman–Crippen LogP) is 4.26. The minimum atomic E-state index is -0.266. The molecule has 152 valence electrons. The van der Waals surface area contributed by atoms with Gasteiger partial charge < -0.3 is 14.3 Å². The van der Waals surface area contributed by atoms with Crippen molar-refractivity contribution in [2.45, 2.75) is 88.9 Å². The SMILES string of the molecule is C[C@]12CC[C@H](O)C[C@@H]1CC[C@@H]1[C@@H]2CC[C@@]2(C)[C@@H](c3ccc(=O)oc3)C[C@@H]3O[C@@]312. The molecule has 4 saturated carbocycles. The van der Waals surface area contributed by atoms with Gasteiger partial charge in [0.25, 0.3) is 0 Å². The van der Waals surface area contributed by atoms with Gasteiger partial charge in [-0.2, -0.15) is 0 Å². The first-order valence-corrected chi connectivity index (χ1v) is 11.3. The number of ether oxygens (including phenoxy) is 1. The third-order valence-electron chi connectivity index (χ3n) is 10.2. The van der Waals surface area contributed by atoms with Crippen LogP contribution in [0.5, 0.6) is 0 Å². The van der Waals surface area contributed by atoms with Crippen LogP contribution in [-0.2, 0) is 4.74 Å². The maximum Gasteiger partial charge on any atom is 0.335 e. The van der Waals surface area contributed by atoms with Crippen LogP contribution in [0, 0.1) is 28.6 Å². The van der Waals surface area contributed by atoms with E-state index in [2.05, 4.69) is 13.8 Å². The molecule has 0 radical (unpaired) electrons. The number of fused-ring (bicyclic) bond motifs is 3. The van der Waals surface area contributed by atoms with E-state index in [9.17, 15) is 9.90 Å². The van der Waals surface area contributed by atoms with E-state index in [1.807, 2.05) is 6.07 Å². The zero-order chi connectivity index (χ0) is 19.3. The molecule has 4 heteroatoms. The highest BCUT2D eigenvalue weighted by Gasteiger charge is 2.80. The second kappa shape index (κ2) is 5.51. The molecule has 4 aliphatic carbocycles. The largest absolute Gasteiger partial charge is 0.431 e. The van der Waals surface area contributed by atoms with Crippen LogP contribution >= 0.6 is 0 Å². The minimum Gasteiger partial charge on any atom is -0.431 e. The summed E-state index contributed by atoms with van der Waals surface area (Å²) in [4.78, 5) is 11.4. The zero-order valence-corrected chi connectivity index (χ0v) is 17.0. The maximum atomic E-state index is 11.4. The van der Waals surface area contributed by atoms with E-state index in [0.29, 0.717) is 29.3 Å². The first kappa shape index (κ1) is 17.7. The zero-order valence-electron chi connectivity index (χ0n) is 17.0. The Morgan fingerprint density at radius 2 is 1.89 bits per heavy atom. The quantitative estimate of drug-likeness (QED) is 0.735. The molecule has 0 amide bonds. The summed E-state index contributed by atoms with van der Waals surface area (Å²) >= 11 is 0. The van der Waals surface area contributed by atoms with Gasteiger partial charge in [0.05, 0.1) is 18.5 Å². The molecule has 0 aromatic carbocycles. The molecule has 28 heavy (non-hydrogen) atoms. The van der Waals surface area contributed by atoms with Crippen molar-refractivity contribution in [3.63, 3.8) is 0 Å². The standard InChI is InChI=1S/C24H32O4/c1-22-9-7-16(25)11-15(22)4-5-18-17(22)8-10-23(2)19(12-20-24(18,23)28-20)14-3-6-21(26)27-13-14/h3,6,13,15-20,25H,4-5,7-12H2,1-2H3/t15-,16-,17-,18+,19+,20-,22-,23-,24+/m0/s1. The molecule has 1 aliphatic heterocycles. The third-order valence-corrected chi connectivity index (χ3v) is 10.2. The summed E-state index contributed by atoms with van der Waals surface area (Å²) in [7, 11) is 0. The van der Waals surface area contributed by atoms with Crippen molar-refractivity contribution in [1.82, 2.24) is 0 Å². The lowest BCUT2D eigenvalue weighted by Crippen LogP contribution is -2.58. The number of aliphatic hydroxyl groups excluding tert-OH is 1. The molecular weight excluding hydrogens is 352 g/mol. The van der Waals surface area contributed by atoms with Crippen LogP contribution in [0.25, 0.3) is 0 Å². The van der Waals surface area contributed by atoms with Gasteiger partial charge in [0.15, 0.2) is 0 Å². The normalized spacial score (nSPS) is 54.2. The smallest absolute Gasteiger partial charge is 0.335 e. The molecule has 1 spiro atoms. The highest BCUT2D eigenvalue weighted by molar-refractivity contribution is 5.35. The van der Waals surface area contributed by atoms with Crippen molar-refractivity contribution in [3.05, 3.63) is 34.4 Å². The van der Waals surface area contributed by atoms with Gasteiger partial charge in [0, 0.05) is 11.5 Å². The second-order valence-corrected chi connectivity index (χ2v) is 11.0. The van der Waals surface area contributed by atoms with Crippen LogP contribution in [0.1, 0.15) is 76.7 Å². The molecular formula is C24H32O4. The number of hydrogen-bond acceptors (Lipinski definition) is 4. The monoisotopic (exact) mass is 384 g/mol. The summed E-state index contributed by atoms with van der Waals surface area (Å²) in [6.45, 7) is 4.97. The lowest BCUT2D eigenvalue weighted by Gasteiger charge is -2.61. The fraction of sp³-hybridized carbons (Fsp3) is 0.792.